The number of thiocarbonyl (C=S) groups is 1. The number of carbonyl (C=O) groups is 1. The van der Waals surface area contributed by atoms with Crippen molar-refractivity contribution in [2.75, 3.05) is 6.54 Å². The first-order valence-corrected chi connectivity index (χ1v) is 8.32. The minimum Gasteiger partial charge on any atom is -0.361 e. The second-order valence-electron chi connectivity index (χ2n) is 5.50. The molecule has 0 aliphatic carbocycles. The molecule has 0 heterocycles. The summed E-state index contributed by atoms with van der Waals surface area (Å²) < 4.78 is 38.0. The molecule has 0 aromatic heterocycles. The van der Waals surface area contributed by atoms with Gasteiger partial charge in [0, 0.05) is 12.1 Å². The molecule has 0 aliphatic heterocycles. The lowest BCUT2D eigenvalue weighted by molar-refractivity contribution is -0.137. The number of rotatable bonds is 5. The molecule has 0 unspecified atom stereocenters. The first-order chi connectivity index (χ1) is 12.4. The minimum atomic E-state index is -4.50. The van der Waals surface area contributed by atoms with Gasteiger partial charge in [-0.15, -0.1) is 0 Å². The summed E-state index contributed by atoms with van der Waals surface area (Å²) in [7, 11) is 0. The van der Waals surface area contributed by atoms with Crippen molar-refractivity contribution >= 4 is 23.2 Å². The third kappa shape index (κ3) is 6.36. The summed E-state index contributed by atoms with van der Waals surface area (Å²) in [6, 6.07) is 14.1. The fourth-order valence-corrected chi connectivity index (χ4v) is 2.36. The van der Waals surface area contributed by atoms with Crippen molar-refractivity contribution in [3.63, 3.8) is 0 Å². The van der Waals surface area contributed by atoms with Gasteiger partial charge in [0.1, 0.15) is 0 Å². The molecule has 0 fully saturated rings. The zero-order valence-corrected chi connectivity index (χ0v) is 14.6. The SMILES string of the molecule is O=C(NNC(=S)NCCCc1ccccc1)c1cccc(C(F)(F)F)c1. The third-order valence-electron chi connectivity index (χ3n) is 3.51. The predicted octanol–water partition coefficient (Wildman–Crippen LogP) is 3.45. The van der Waals surface area contributed by atoms with E-state index < -0.39 is 17.6 Å². The van der Waals surface area contributed by atoms with E-state index in [2.05, 4.69) is 16.2 Å². The molecular formula is C18H18F3N3OS. The van der Waals surface area contributed by atoms with Crippen molar-refractivity contribution in [2.45, 2.75) is 19.0 Å². The average Bonchev–Trinajstić information content (AvgIpc) is 2.63. The molecule has 0 aliphatic rings. The van der Waals surface area contributed by atoms with Crippen LogP contribution in [0.25, 0.3) is 0 Å². The monoisotopic (exact) mass is 381 g/mol. The van der Waals surface area contributed by atoms with Crippen LogP contribution in [0.15, 0.2) is 54.6 Å². The third-order valence-corrected chi connectivity index (χ3v) is 3.76. The van der Waals surface area contributed by atoms with E-state index in [0.29, 0.717) is 6.54 Å². The van der Waals surface area contributed by atoms with E-state index >= 15 is 0 Å². The number of carbonyl (C=O) groups excluding carboxylic acids is 1. The topological polar surface area (TPSA) is 53.2 Å². The summed E-state index contributed by atoms with van der Waals surface area (Å²) in [5.41, 5.74) is 4.97. The first kappa shape index (κ1) is 19.7. The highest BCUT2D eigenvalue weighted by Gasteiger charge is 2.30. The standard InChI is InChI=1S/C18H18F3N3OS/c19-18(20,21)15-10-4-9-14(12-15)16(25)23-24-17(26)22-11-5-8-13-6-2-1-3-7-13/h1-4,6-7,9-10,12H,5,8,11H2,(H,23,25)(H2,22,24,26). The van der Waals surface area contributed by atoms with Crippen LogP contribution >= 0.6 is 12.2 Å². The Hall–Kier alpha value is -2.61. The normalized spacial score (nSPS) is 10.9. The Morgan fingerprint density at radius 2 is 1.73 bits per heavy atom. The number of hydrogen-bond acceptors (Lipinski definition) is 2. The maximum absolute atomic E-state index is 12.7. The molecule has 2 aromatic rings. The van der Waals surface area contributed by atoms with Gasteiger partial charge in [0.05, 0.1) is 5.56 Å². The van der Waals surface area contributed by atoms with Crippen molar-refractivity contribution in [1.82, 2.24) is 16.2 Å². The molecule has 0 saturated heterocycles. The number of aryl methyl sites for hydroxylation is 1. The summed E-state index contributed by atoms with van der Waals surface area (Å²) in [6.45, 7) is 0.597. The van der Waals surface area contributed by atoms with Crippen LogP contribution in [-0.2, 0) is 12.6 Å². The summed E-state index contributed by atoms with van der Waals surface area (Å²) in [5, 5.41) is 3.11. The fraction of sp³-hybridized carbons (Fsp3) is 0.222. The molecule has 3 N–H and O–H groups in total. The number of hydrazine groups is 1. The fourth-order valence-electron chi connectivity index (χ4n) is 2.21. The van der Waals surface area contributed by atoms with Crippen LogP contribution in [0.2, 0.25) is 0 Å². The molecule has 8 heteroatoms. The van der Waals surface area contributed by atoms with Crippen LogP contribution in [0, 0.1) is 0 Å². The first-order valence-electron chi connectivity index (χ1n) is 7.91. The van der Waals surface area contributed by atoms with E-state index in [1.54, 1.807) is 0 Å². The van der Waals surface area contributed by atoms with Crippen LogP contribution in [0.1, 0.15) is 27.9 Å². The van der Waals surface area contributed by atoms with E-state index in [1.165, 1.54) is 17.7 Å². The molecule has 0 atom stereocenters. The maximum atomic E-state index is 12.7. The molecule has 0 spiro atoms. The van der Waals surface area contributed by atoms with Crippen LogP contribution in [0.3, 0.4) is 0 Å². The van der Waals surface area contributed by atoms with Gasteiger partial charge in [-0.2, -0.15) is 13.2 Å². The summed E-state index contributed by atoms with van der Waals surface area (Å²) in [4.78, 5) is 11.9. The predicted molar refractivity (Wildman–Crippen MR) is 97.4 cm³/mol. The van der Waals surface area contributed by atoms with Crippen LogP contribution in [0.4, 0.5) is 13.2 Å². The second-order valence-corrected chi connectivity index (χ2v) is 5.91. The van der Waals surface area contributed by atoms with Gasteiger partial charge in [0.25, 0.3) is 5.91 Å². The van der Waals surface area contributed by atoms with E-state index in [0.717, 1.165) is 25.0 Å². The average molecular weight is 381 g/mol. The van der Waals surface area contributed by atoms with Gasteiger partial charge in [-0.3, -0.25) is 15.6 Å². The maximum Gasteiger partial charge on any atom is 0.416 e. The number of halogens is 3. The Bertz CT molecular complexity index is 751. The van der Waals surface area contributed by atoms with Crippen molar-refractivity contribution in [3.05, 3.63) is 71.3 Å². The number of benzene rings is 2. The largest absolute Gasteiger partial charge is 0.416 e. The molecule has 2 rings (SSSR count). The Balaban J connectivity index is 1.72. The molecular weight excluding hydrogens is 363 g/mol. The lowest BCUT2D eigenvalue weighted by Gasteiger charge is -2.12. The smallest absolute Gasteiger partial charge is 0.361 e. The van der Waals surface area contributed by atoms with Gasteiger partial charge >= 0.3 is 6.18 Å². The van der Waals surface area contributed by atoms with E-state index in [9.17, 15) is 18.0 Å². The summed E-state index contributed by atoms with van der Waals surface area (Å²) >= 11 is 5.02. The van der Waals surface area contributed by atoms with Gasteiger partial charge in [0.15, 0.2) is 5.11 Å². The summed E-state index contributed by atoms with van der Waals surface area (Å²) in [6.07, 6.45) is -2.78. The summed E-state index contributed by atoms with van der Waals surface area (Å²) in [5.74, 6) is -0.704. The molecule has 0 radical (unpaired) electrons. The van der Waals surface area contributed by atoms with Crippen LogP contribution < -0.4 is 16.2 Å². The molecule has 26 heavy (non-hydrogen) atoms. The van der Waals surface area contributed by atoms with Crippen molar-refractivity contribution < 1.29 is 18.0 Å². The van der Waals surface area contributed by atoms with Crippen LogP contribution in [0.5, 0.6) is 0 Å². The van der Waals surface area contributed by atoms with Crippen LogP contribution in [-0.4, -0.2) is 17.6 Å². The zero-order chi connectivity index (χ0) is 19.0. The molecule has 4 nitrogen and oxygen atoms in total. The number of hydrogen-bond donors (Lipinski definition) is 3. The number of amides is 1. The number of alkyl halides is 3. The number of nitrogens with one attached hydrogen (secondary N) is 3. The van der Waals surface area contributed by atoms with E-state index in [-0.39, 0.29) is 10.7 Å². The van der Waals surface area contributed by atoms with Gasteiger partial charge in [-0.05, 0) is 48.8 Å². The highest BCUT2D eigenvalue weighted by atomic mass is 32.1. The lowest BCUT2D eigenvalue weighted by Crippen LogP contribution is -2.47. The Kier molecular flexibility index (Phi) is 6.97. The van der Waals surface area contributed by atoms with Crippen molar-refractivity contribution in [1.29, 1.82) is 0 Å². The molecule has 138 valence electrons. The minimum absolute atomic E-state index is 0.112. The lowest BCUT2D eigenvalue weighted by atomic mass is 10.1. The molecule has 0 saturated carbocycles. The molecule has 1 amide bonds. The highest BCUT2D eigenvalue weighted by Crippen LogP contribution is 2.29. The molecule has 2 aromatic carbocycles. The quantitative estimate of drug-likeness (QED) is 0.422. The van der Waals surface area contributed by atoms with Gasteiger partial charge in [-0.25, -0.2) is 0 Å². The zero-order valence-electron chi connectivity index (χ0n) is 13.8. The Labute approximate surface area is 154 Å². The van der Waals surface area contributed by atoms with E-state index in [1.807, 2.05) is 30.3 Å². The second kappa shape index (κ2) is 9.19. The van der Waals surface area contributed by atoms with Crippen molar-refractivity contribution in [3.8, 4) is 0 Å². The van der Waals surface area contributed by atoms with Gasteiger partial charge in [-0.1, -0.05) is 36.4 Å². The van der Waals surface area contributed by atoms with Crippen molar-refractivity contribution in [2.24, 2.45) is 0 Å². The Morgan fingerprint density at radius 1 is 1.00 bits per heavy atom. The highest BCUT2D eigenvalue weighted by molar-refractivity contribution is 7.80. The van der Waals surface area contributed by atoms with Gasteiger partial charge in [0.2, 0.25) is 0 Å². The molecule has 0 bridgehead atoms. The van der Waals surface area contributed by atoms with E-state index in [4.69, 9.17) is 12.2 Å². The Morgan fingerprint density at radius 3 is 2.42 bits per heavy atom. The van der Waals surface area contributed by atoms with Gasteiger partial charge < -0.3 is 5.32 Å².